The van der Waals surface area contributed by atoms with Crippen LogP contribution in [0.2, 0.25) is 0 Å². The van der Waals surface area contributed by atoms with Gasteiger partial charge in [0.2, 0.25) is 5.91 Å². The molecule has 0 heterocycles. The number of hydrogen-bond acceptors (Lipinski definition) is 3. The lowest BCUT2D eigenvalue weighted by Crippen LogP contribution is -2.30. The number of esters is 1. The first-order valence-electron chi connectivity index (χ1n) is 8.23. The maximum Gasteiger partial charge on any atom is 0.306 e. The average molecular weight is 325 g/mol. The number of carbonyl (C=O) groups excluding carboxylic acids is 2. The van der Waals surface area contributed by atoms with E-state index in [2.05, 4.69) is 5.32 Å². The van der Waals surface area contributed by atoms with Gasteiger partial charge in [-0.05, 0) is 24.5 Å². The third kappa shape index (κ3) is 5.88. The van der Waals surface area contributed by atoms with Gasteiger partial charge in [-0.25, -0.2) is 0 Å². The van der Waals surface area contributed by atoms with Crippen LogP contribution in [0.15, 0.2) is 60.7 Å². The SMILES string of the molecule is CCOC(=O)CCC(=O)NC(Cc1ccccc1)c1ccccc1. The molecule has 0 spiro atoms. The summed E-state index contributed by atoms with van der Waals surface area (Å²) in [6, 6.07) is 19.8. The van der Waals surface area contributed by atoms with Gasteiger partial charge in [-0.2, -0.15) is 0 Å². The highest BCUT2D eigenvalue weighted by atomic mass is 16.5. The lowest BCUT2D eigenvalue weighted by molar-refractivity contribution is -0.144. The summed E-state index contributed by atoms with van der Waals surface area (Å²) in [5.74, 6) is -0.486. The van der Waals surface area contributed by atoms with Crippen molar-refractivity contribution in [3.05, 3.63) is 71.8 Å². The van der Waals surface area contributed by atoms with Crippen LogP contribution in [0.3, 0.4) is 0 Å². The van der Waals surface area contributed by atoms with Crippen molar-refractivity contribution in [2.24, 2.45) is 0 Å². The molecule has 1 amide bonds. The number of amides is 1. The van der Waals surface area contributed by atoms with Crippen molar-refractivity contribution >= 4 is 11.9 Å². The fourth-order valence-corrected chi connectivity index (χ4v) is 2.50. The molecule has 1 atom stereocenters. The number of carbonyl (C=O) groups is 2. The van der Waals surface area contributed by atoms with Crippen LogP contribution in [-0.4, -0.2) is 18.5 Å². The van der Waals surface area contributed by atoms with Gasteiger partial charge in [-0.1, -0.05) is 60.7 Å². The Bertz CT molecular complexity index is 640. The van der Waals surface area contributed by atoms with Gasteiger partial charge in [0.05, 0.1) is 19.1 Å². The molecule has 0 aliphatic rings. The van der Waals surface area contributed by atoms with Gasteiger partial charge >= 0.3 is 5.97 Å². The molecule has 4 nitrogen and oxygen atoms in total. The van der Waals surface area contributed by atoms with Crippen molar-refractivity contribution < 1.29 is 14.3 Å². The van der Waals surface area contributed by atoms with E-state index < -0.39 is 0 Å². The van der Waals surface area contributed by atoms with Crippen LogP contribution < -0.4 is 5.32 Å². The molecular formula is C20H23NO3. The second-order valence-corrected chi connectivity index (χ2v) is 5.53. The molecule has 0 aliphatic carbocycles. The topological polar surface area (TPSA) is 55.4 Å². The van der Waals surface area contributed by atoms with Gasteiger partial charge in [-0.3, -0.25) is 9.59 Å². The Morgan fingerprint density at radius 2 is 1.58 bits per heavy atom. The molecule has 0 aromatic heterocycles. The summed E-state index contributed by atoms with van der Waals surface area (Å²) in [6.07, 6.45) is 0.944. The highest BCUT2D eigenvalue weighted by Gasteiger charge is 2.16. The summed E-state index contributed by atoms with van der Waals surface area (Å²) in [4.78, 5) is 23.6. The second-order valence-electron chi connectivity index (χ2n) is 5.53. The summed E-state index contributed by atoms with van der Waals surface area (Å²) in [5, 5.41) is 3.03. The molecule has 0 bridgehead atoms. The smallest absolute Gasteiger partial charge is 0.306 e. The van der Waals surface area contributed by atoms with E-state index in [1.165, 1.54) is 0 Å². The molecular weight excluding hydrogens is 302 g/mol. The van der Waals surface area contributed by atoms with E-state index in [0.29, 0.717) is 13.0 Å². The van der Waals surface area contributed by atoms with Crippen LogP contribution in [0.25, 0.3) is 0 Å². The van der Waals surface area contributed by atoms with Gasteiger partial charge < -0.3 is 10.1 Å². The number of nitrogens with one attached hydrogen (secondary N) is 1. The Balaban J connectivity index is 2.01. The molecule has 4 heteroatoms. The summed E-state index contributed by atoms with van der Waals surface area (Å²) in [7, 11) is 0. The molecule has 0 saturated carbocycles. The van der Waals surface area contributed by atoms with Crippen molar-refractivity contribution in [1.82, 2.24) is 5.32 Å². The van der Waals surface area contributed by atoms with Crippen LogP contribution in [-0.2, 0) is 20.7 Å². The van der Waals surface area contributed by atoms with E-state index in [1.54, 1.807) is 6.92 Å². The highest BCUT2D eigenvalue weighted by Crippen LogP contribution is 2.18. The van der Waals surface area contributed by atoms with E-state index in [4.69, 9.17) is 4.74 Å². The van der Waals surface area contributed by atoms with Crippen molar-refractivity contribution in [3.8, 4) is 0 Å². The van der Waals surface area contributed by atoms with Gasteiger partial charge in [0.15, 0.2) is 0 Å². The van der Waals surface area contributed by atoms with Crippen LogP contribution in [0, 0.1) is 0 Å². The Morgan fingerprint density at radius 3 is 2.21 bits per heavy atom. The average Bonchev–Trinajstić information content (AvgIpc) is 2.61. The molecule has 126 valence electrons. The van der Waals surface area contributed by atoms with E-state index in [9.17, 15) is 9.59 Å². The standard InChI is InChI=1S/C20H23NO3/c1-2-24-20(23)14-13-19(22)21-18(17-11-7-4-8-12-17)15-16-9-5-3-6-10-16/h3-12,18H,2,13-15H2,1H3,(H,21,22). The minimum absolute atomic E-state index is 0.104. The van der Waals surface area contributed by atoms with Gasteiger partial charge in [0.25, 0.3) is 0 Å². The Morgan fingerprint density at radius 1 is 0.958 bits per heavy atom. The third-order valence-corrected chi connectivity index (χ3v) is 3.68. The third-order valence-electron chi connectivity index (χ3n) is 3.68. The predicted octanol–water partition coefficient (Wildman–Crippen LogP) is 3.43. The van der Waals surface area contributed by atoms with E-state index in [0.717, 1.165) is 11.1 Å². The largest absolute Gasteiger partial charge is 0.466 e. The van der Waals surface area contributed by atoms with Gasteiger partial charge in [0.1, 0.15) is 0 Å². The maximum absolute atomic E-state index is 12.2. The fraction of sp³-hybridized carbons (Fsp3) is 0.300. The maximum atomic E-state index is 12.2. The summed E-state index contributed by atoms with van der Waals surface area (Å²) >= 11 is 0. The number of rotatable bonds is 8. The van der Waals surface area contributed by atoms with Crippen LogP contribution in [0.1, 0.15) is 36.9 Å². The van der Waals surface area contributed by atoms with Gasteiger partial charge in [-0.15, -0.1) is 0 Å². The lowest BCUT2D eigenvalue weighted by Gasteiger charge is -2.19. The van der Waals surface area contributed by atoms with Crippen LogP contribution in [0.4, 0.5) is 0 Å². The molecule has 0 fully saturated rings. The van der Waals surface area contributed by atoms with Crippen molar-refractivity contribution in [1.29, 1.82) is 0 Å². The van der Waals surface area contributed by atoms with Crippen molar-refractivity contribution in [2.45, 2.75) is 32.2 Å². The number of benzene rings is 2. The molecule has 2 aromatic rings. The fourth-order valence-electron chi connectivity index (χ4n) is 2.50. The quantitative estimate of drug-likeness (QED) is 0.757. The molecule has 0 aliphatic heterocycles. The molecule has 2 aromatic carbocycles. The second kappa shape index (κ2) is 9.50. The predicted molar refractivity (Wildman–Crippen MR) is 93.3 cm³/mol. The van der Waals surface area contributed by atoms with Crippen molar-refractivity contribution in [3.63, 3.8) is 0 Å². The Labute approximate surface area is 142 Å². The molecule has 0 radical (unpaired) electrons. The molecule has 2 rings (SSSR count). The zero-order valence-electron chi connectivity index (χ0n) is 13.9. The summed E-state index contributed by atoms with van der Waals surface area (Å²) in [5.41, 5.74) is 2.20. The first-order valence-corrected chi connectivity index (χ1v) is 8.23. The van der Waals surface area contributed by atoms with Crippen LogP contribution >= 0.6 is 0 Å². The van der Waals surface area contributed by atoms with E-state index >= 15 is 0 Å². The van der Waals surface area contributed by atoms with Gasteiger partial charge in [0, 0.05) is 6.42 Å². The zero-order chi connectivity index (χ0) is 17.2. The number of ether oxygens (including phenoxy) is 1. The normalized spacial score (nSPS) is 11.5. The summed E-state index contributed by atoms with van der Waals surface area (Å²) in [6.45, 7) is 2.09. The first kappa shape index (κ1) is 17.7. The summed E-state index contributed by atoms with van der Waals surface area (Å²) < 4.78 is 4.86. The first-order chi connectivity index (χ1) is 11.7. The Hall–Kier alpha value is -2.62. The van der Waals surface area contributed by atoms with E-state index in [1.807, 2.05) is 60.7 Å². The highest BCUT2D eigenvalue weighted by molar-refractivity contribution is 5.81. The molecule has 24 heavy (non-hydrogen) atoms. The molecule has 1 unspecified atom stereocenters. The minimum Gasteiger partial charge on any atom is -0.466 e. The van der Waals surface area contributed by atoms with Crippen molar-refractivity contribution in [2.75, 3.05) is 6.61 Å². The van der Waals surface area contributed by atoms with Crippen LogP contribution in [0.5, 0.6) is 0 Å². The monoisotopic (exact) mass is 325 g/mol. The zero-order valence-corrected chi connectivity index (χ0v) is 13.9. The number of hydrogen-bond donors (Lipinski definition) is 1. The molecule has 1 N–H and O–H groups in total. The molecule has 0 saturated heterocycles. The van der Waals surface area contributed by atoms with E-state index in [-0.39, 0.29) is 30.8 Å². The minimum atomic E-state index is -0.341. The Kier molecular flexibility index (Phi) is 7.02. The lowest BCUT2D eigenvalue weighted by atomic mass is 9.98.